The number of benzene rings is 1. The molecular formula is C15H21N3. The molecule has 1 heterocycles. The first-order chi connectivity index (χ1) is 8.58. The number of nitrogens with zero attached hydrogens (tertiary/aromatic N) is 2. The molecule has 0 saturated heterocycles. The summed E-state index contributed by atoms with van der Waals surface area (Å²) in [6, 6.07) is 6.65. The van der Waals surface area contributed by atoms with E-state index < -0.39 is 0 Å². The van der Waals surface area contributed by atoms with Crippen molar-refractivity contribution in [2.45, 2.75) is 39.7 Å². The number of rotatable bonds is 1. The van der Waals surface area contributed by atoms with Crippen LogP contribution in [0.25, 0.3) is 11.0 Å². The topological polar surface area (TPSA) is 43.8 Å². The molecule has 1 aromatic heterocycles. The third-order valence-corrected chi connectivity index (χ3v) is 4.64. The smallest absolute Gasteiger partial charge is 0.106 e. The van der Waals surface area contributed by atoms with Crippen LogP contribution in [0.3, 0.4) is 0 Å². The molecule has 2 N–H and O–H groups in total. The van der Waals surface area contributed by atoms with Gasteiger partial charge in [-0.25, -0.2) is 4.98 Å². The second-order valence-corrected chi connectivity index (χ2v) is 5.76. The normalized spacial score (nSPS) is 28.1. The molecule has 0 bridgehead atoms. The van der Waals surface area contributed by atoms with Crippen LogP contribution in [0.15, 0.2) is 18.2 Å². The molecule has 1 saturated carbocycles. The van der Waals surface area contributed by atoms with Gasteiger partial charge in [0.05, 0.1) is 11.0 Å². The first kappa shape index (κ1) is 11.6. The predicted octanol–water partition coefficient (Wildman–Crippen LogP) is 3.53. The number of fused-ring (bicyclic) bond motifs is 1. The lowest BCUT2D eigenvalue weighted by Gasteiger charge is -2.22. The Balaban J connectivity index is 2.14. The molecular weight excluding hydrogens is 222 g/mol. The summed E-state index contributed by atoms with van der Waals surface area (Å²) in [5, 5.41) is 0. The molecule has 96 valence electrons. The molecule has 3 unspecified atom stereocenters. The molecule has 3 rings (SSSR count). The van der Waals surface area contributed by atoms with Crippen LogP contribution in [0.4, 0.5) is 5.69 Å². The van der Waals surface area contributed by atoms with E-state index in [0.717, 1.165) is 28.9 Å². The number of nitrogen functional groups attached to an aromatic ring is 1. The van der Waals surface area contributed by atoms with Crippen LogP contribution < -0.4 is 5.73 Å². The quantitative estimate of drug-likeness (QED) is 0.779. The molecule has 2 aromatic rings. The minimum absolute atomic E-state index is 0.591. The van der Waals surface area contributed by atoms with Crippen LogP contribution in [0.2, 0.25) is 0 Å². The van der Waals surface area contributed by atoms with Gasteiger partial charge in [0.25, 0.3) is 0 Å². The number of aryl methyl sites for hydroxylation is 1. The molecule has 1 aliphatic rings. The summed E-state index contributed by atoms with van der Waals surface area (Å²) in [6.07, 6.45) is 2.58. The summed E-state index contributed by atoms with van der Waals surface area (Å²) in [5.74, 6) is 2.64. The largest absolute Gasteiger partial charge is 0.399 e. The maximum atomic E-state index is 5.84. The summed E-state index contributed by atoms with van der Waals surface area (Å²) in [4.78, 5) is 4.66. The van der Waals surface area contributed by atoms with Gasteiger partial charge in [-0.05, 0) is 49.8 Å². The molecule has 18 heavy (non-hydrogen) atoms. The second kappa shape index (κ2) is 4.01. The highest BCUT2D eigenvalue weighted by atomic mass is 15.1. The van der Waals surface area contributed by atoms with Crippen LogP contribution in [0, 0.1) is 18.8 Å². The monoisotopic (exact) mass is 243 g/mol. The van der Waals surface area contributed by atoms with Gasteiger partial charge in [0.2, 0.25) is 0 Å². The fourth-order valence-electron chi connectivity index (χ4n) is 3.36. The highest BCUT2D eigenvalue weighted by Gasteiger charge is 2.32. The Hall–Kier alpha value is -1.51. The molecule has 0 amide bonds. The fourth-order valence-corrected chi connectivity index (χ4v) is 3.36. The first-order valence-corrected chi connectivity index (χ1v) is 6.82. The third kappa shape index (κ3) is 1.61. The number of hydrogen-bond donors (Lipinski definition) is 1. The summed E-state index contributed by atoms with van der Waals surface area (Å²) >= 11 is 0. The molecule has 0 aliphatic heterocycles. The number of aromatic nitrogens is 2. The van der Waals surface area contributed by atoms with Crippen molar-refractivity contribution in [1.29, 1.82) is 0 Å². The van der Waals surface area contributed by atoms with Gasteiger partial charge in [0, 0.05) is 11.7 Å². The maximum absolute atomic E-state index is 5.84. The van der Waals surface area contributed by atoms with Gasteiger partial charge in [-0.15, -0.1) is 0 Å². The van der Waals surface area contributed by atoms with Crippen molar-refractivity contribution in [2.75, 3.05) is 5.73 Å². The Labute approximate surface area is 108 Å². The first-order valence-electron chi connectivity index (χ1n) is 6.82. The third-order valence-electron chi connectivity index (χ3n) is 4.64. The summed E-state index contributed by atoms with van der Waals surface area (Å²) in [6.45, 7) is 6.83. The van der Waals surface area contributed by atoms with Crippen molar-refractivity contribution in [2.24, 2.45) is 11.8 Å². The van der Waals surface area contributed by atoms with Crippen LogP contribution in [0.5, 0.6) is 0 Å². The van der Waals surface area contributed by atoms with E-state index in [1.165, 1.54) is 18.4 Å². The SMILES string of the molecule is Cc1nc2cc(N)ccc2n1C1CCC(C)C1C. The number of imidazole rings is 1. The van der Waals surface area contributed by atoms with Crippen molar-refractivity contribution in [3.63, 3.8) is 0 Å². The van der Waals surface area contributed by atoms with Crippen molar-refractivity contribution >= 4 is 16.7 Å². The Morgan fingerprint density at radius 1 is 1.28 bits per heavy atom. The predicted molar refractivity (Wildman–Crippen MR) is 75.5 cm³/mol. The van der Waals surface area contributed by atoms with Crippen LogP contribution >= 0.6 is 0 Å². The number of nitrogens with two attached hydrogens (primary N) is 1. The van der Waals surface area contributed by atoms with Gasteiger partial charge in [-0.1, -0.05) is 13.8 Å². The molecule has 3 nitrogen and oxygen atoms in total. The van der Waals surface area contributed by atoms with E-state index in [1.807, 2.05) is 12.1 Å². The van der Waals surface area contributed by atoms with Crippen molar-refractivity contribution in [1.82, 2.24) is 9.55 Å². The van der Waals surface area contributed by atoms with Crippen molar-refractivity contribution in [3.05, 3.63) is 24.0 Å². The van der Waals surface area contributed by atoms with E-state index in [1.54, 1.807) is 0 Å². The zero-order valence-corrected chi connectivity index (χ0v) is 11.4. The summed E-state index contributed by atoms with van der Waals surface area (Å²) in [5.41, 5.74) is 8.88. The molecule has 1 aliphatic carbocycles. The minimum Gasteiger partial charge on any atom is -0.399 e. The average molecular weight is 243 g/mol. The highest BCUT2D eigenvalue weighted by molar-refractivity contribution is 5.79. The van der Waals surface area contributed by atoms with E-state index >= 15 is 0 Å². The van der Waals surface area contributed by atoms with E-state index in [4.69, 9.17) is 5.73 Å². The molecule has 1 aromatic carbocycles. The summed E-state index contributed by atoms with van der Waals surface area (Å²) in [7, 11) is 0. The van der Waals surface area contributed by atoms with E-state index in [-0.39, 0.29) is 0 Å². The fraction of sp³-hybridized carbons (Fsp3) is 0.533. The van der Waals surface area contributed by atoms with Gasteiger partial charge in [-0.3, -0.25) is 0 Å². The molecule has 3 atom stereocenters. The minimum atomic E-state index is 0.591. The van der Waals surface area contributed by atoms with Gasteiger partial charge in [0.1, 0.15) is 5.82 Å². The van der Waals surface area contributed by atoms with Gasteiger partial charge < -0.3 is 10.3 Å². The lowest BCUT2D eigenvalue weighted by molar-refractivity contribution is 0.354. The molecule has 0 spiro atoms. The van der Waals surface area contributed by atoms with E-state index in [0.29, 0.717) is 6.04 Å². The van der Waals surface area contributed by atoms with Crippen molar-refractivity contribution < 1.29 is 0 Å². The van der Waals surface area contributed by atoms with Crippen LogP contribution in [0.1, 0.15) is 38.6 Å². The van der Waals surface area contributed by atoms with Gasteiger partial charge >= 0.3 is 0 Å². The van der Waals surface area contributed by atoms with Crippen LogP contribution in [-0.2, 0) is 0 Å². The van der Waals surface area contributed by atoms with Crippen LogP contribution in [-0.4, -0.2) is 9.55 Å². The Kier molecular flexibility index (Phi) is 2.58. The van der Waals surface area contributed by atoms with Crippen molar-refractivity contribution in [3.8, 4) is 0 Å². The van der Waals surface area contributed by atoms with E-state index in [2.05, 4.69) is 36.4 Å². The van der Waals surface area contributed by atoms with Gasteiger partial charge in [0.15, 0.2) is 0 Å². The zero-order valence-electron chi connectivity index (χ0n) is 11.4. The Bertz CT molecular complexity index is 585. The van der Waals surface area contributed by atoms with Gasteiger partial charge in [-0.2, -0.15) is 0 Å². The lowest BCUT2D eigenvalue weighted by Crippen LogP contribution is -2.15. The highest BCUT2D eigenvalue weighted by Crippen LogP contribution is 2.41. The maximum Gasteiger partial charge on any atom is 0.106 e. The second-order valence-electron chi connectivity index (χ2n) is 5.76. The Morgan fingerprint density at radius 3 is 2.72 bits per heavy atom. The zero-order chi connectivity index (χ0) is 12.9. The molecule has 1 fully saturated rings. The molecule has 0 radical (unpaired) electrons. The molecule has 3 heteroatoms. The average Bonchev–Trinajstić information content (AvgIpc) is 2.80. The Morgan fingerprint density at radius 2 is 2.06 bits per heavy atom. The number of anilines is 1. The number of hydrogen-bond acceptors (Lipinski definition) is 2. The summed E-state index contributed by atoms with van der Waals surface area (Å²) < 4.78 is 2.42. The lowest BCUT2D eigenvalue weighted by atomic mass is 9.97. The standard InChI is InChI=1S/C15H21N3/c1-9-4-6-14(10(9)2)18-11(3)17-13-8-12(16)5-7-15(13)18/h5,7-10,14H,4,6,16H2,1-3H3. The van der Waals surface area contributed by atoms with E-state index in [9.17, 15) is 0 Å².